The average molecular weight is 234 g/mol. The van der Waals surface area contributed by atoms with Crippen molar-refractivity contribution in [2.75, 3.05) is 11.5 Å². The van der Waals surface area contributed by atoms with Crippen molar-refractivity contribution < 1.29 is 4.92 Å². The van der Waals surface area contributed by atoms with Crippen LogP contribution in [-0.2, 0) is 7.05 Å². The number of nitrogens with two attached hydrogens (primary N) is 2. The summed E-state index contributed by atoms with van der Waals surface area (Å²) in [4.78, 5) is 14.0. The maximum absolute atomic E-state index is 10.6. The molecule has 88 valence electrons. The number of benzene rings is 1. The summed E-state index contributed by atoms with van der Waals surface area (Å²) in [5.41, 5.74) is 11.9. The molecule has 1 heterocycles. The molecule has 0 aliphatic rings. The molecule has 0 radical (unpaired) electrons. The van der Waals surface area contributed by atoms with E-state index in [-0.39, 0.29) is 17.3 Å². The molecule has 0 unspecified atom stereocenters. The number of hydrogen-bond donors (Lipinski definition) is 2. The second kappa shape index (κ2) is 3.74. The monoisotopic (exact) mass is 234 g/mol. The molecule has 0 saturated heterocycles. The van der Waals surface area contributed by atoms with E-state index in [0.717, 1.165) is 0 Å². The van der Waals surface area contributed by atoms with Crippen LogP contribution in [0.4, 0.5) is 17.3 Å². The SMILES string of the molecule is Cn1nc(-c2ccc([N+](=O)[O-])cc2N)nc1N. The van der Waals surface area contributed by atoms with Crippen molar-refractivity contribution in [2.24, 2.45) is 7.05 Å². The van der Waals surface area contributed by atoms with Gasteiger partial charge in [0.25, 0.3) is 5.69 Å². The molecule has 0 saturated carbocycles. The number of hydrogen-bond acceptors (Lipinski definition) is 6. The molecule has 2 rings (SSSR count). The van der Waals surface area contributed by atoms with Crippen LogP contribution in [-0.4, -0.2) is 19.7 Å². The first kappa shape index (κ1) is 10.9. The first-order valence-corrected chi connectivity index (χ1v) is 4.70. The minimum atomic E-state index is -0.514. The predicted molar refractivity (Wildman–Crippen MR) is 61.9 cm³/mol. The Morgan fingerprint density at radius 1 is 1.41 bits per heavy atom. The Balaban J connectivity index is 2.50. The highest BCUT2D eigenvalue weighted by Gasteiger charge is 2.13. The molecule has 1 aromatic carbocycles. The van der Waals surface area contributed by atoms with Crippen molar-refractivity contribution in [1.29, 1.82) is 0 Å². The summed E-state index contributed by atoms with van der Waals surface area (Å²) in [6.07, 6.45) is 0. The van der Waals surface area contributed by atoms with Crippen molar-refractivity contribution in [3.05, 3.63) is 28.3 Å². The number of nitrogens with zero attached hydrogens (tertiary/aromatic N) is 4. The van der Waals surface area contributed by atoms with Gasteiger partial charge in [0, 0.05) is 30.4 Å². The zero-order valence-electron chi connectivity index (χ0n) is 8.99. The molecule has 8 nitrogen and oxygen atoms in total. The molecule has 8 heteroatoms. The van der Waals surface area contributed by atoms with Crippen LogP contribution in [0.5, 0.6) is 0 Å². The Morgan fingerprint density at radius 2 is 2.12 bits per heavy atom. The van der Waals surface area contributed by atoms with Gasteiger partial charge in [0.1, 0.15) is 0 Å². The molecule has 0 atom stereocenters. The third-order valence-corrected chi connectivity index (χ3v) is 2.28. The first-order chi connectivity index (χ1) is 7.99. The molecule has 0 spiro atoms. The van der Waals surface area contributed by atoms with Gasteiger partial charge < -0.3 is 11.5 Å². The van der Waals surface area contributed by atoms with Gasteiger partial charge in [-0.2, -0.15) is 4.98 Å². The van der Waals surface area contributed by atoms with E-state index in [1.165, 1.54) is 22.9 Å². The first-order valence-electron chi connectivity index (χ1n) is 4.70. The van der Waals surface area contributed by atoms with Gasteiger partial charge in [0.2, 0.25) is 5.95 Å². The Kier molecular flexibility index (Phi) is 2.39. The smallest absolute Gasteiger partial charge is 0.271 e. The molecule has 0 aliphatic heterocycles. The number of nitrogen functional groups attached to an aromatic ring is 2. The third-order valence-electron chi connectivity index (χ3n) is 2.28. The Morgan fingerprint density at radius 3 is 2.59 bits per heavy atom. The maximum Gasteiger partial charge on any atom is 0.271 e. The number of non-ortho nitro benzene ring substituents is 1. The predicted octanol–water partition coefficient (Wildman–Crippen LogP) is 0.555. The molecule has 0 fully saturated rings. The molecule has 0 bridgehead atoms. The summed E-state index contributed by atoms with van der Waals surface area (Å²) in [6.45, 7) is 0. The van der Waals surface area contributed by atoms with E-state index in [1.807, 2.05) is 0 Å². The lowest BCUT2D eigenvalue weighted by Crippen LogP contribution is -1.97. The largest absolute Gasteiger partial charge is 0.398 e. The Hall–Kier alpha value is -2.64. The summed E-state index contributed by atoms with van der Waals surface area (Å²) >= 11 is 0. The third kappa shape index (κ3) is 1.87. The van der Waals surface area contributed by atoms with Gasteiger partial charge in [-0.3, -0.25) is 10.1 Å². The highest BCUT2D eigenvalue weighted by molar-refractivity contribution is 5.74. The van der Waals surface area contributed by atoms with Crippen molar-refractivity contribution in [3.8, 4) is 11.4 Å². The van der Waals surface area contributed by atoms with Gasteiger partial charge >= 0.3 is 0 Å². The van der Waals surface area contributed by atoms with E-state index >= 15 is 0 Å². The zero-order valence-corrected chi connectivity index (χ0v) is 8.99. The lowest BCUT2D eigenvalue weighted by atomic mass is 10.1. The van der Waals surface area contributed by atoms with Crippen LogP contribution in [0.3, 0.4) is 0 Å². The van der Waals surface area contributed by atoms with Crippen LogP contribution in [0.2, 0.25) is 0 Å². The number of rotatable bonds is 2. The summed E-state index contributed by atoms with van der Waals surface area (Å²) in [5, 5.41) is 14.6. The van der Waals surface area contributed by atoms with Gasteiger partial charge in [0.15, 0.2) is 5.82 Å². The van der Waals surface area contributed by atoms with Crippen LogP contribution < -0.4 is 11.5 Å². The summed E-state index contributed by atoms with van der Waals surface area (Å²) in [6, 6.07) is 4.11. The number of aryl methyl sites for hydroxylation is 1. The maximum atomic E-state index is 10.6. The highest BCUT2D eigenvalue weighted by Crippen LogP contribution is 2.27. The van der Waals surface area contributed by atoms with Gasteiger partial charge in [-0.25, -0.2) is 4.68 Å². The number of aromatic nitrogens is 3. The zero-order chi connectivity index (χ0) is 12.6. The van der Waals surface area contributed by atoms with Crippen molar-refractivity contribution in [1.82, 2.24) is 14.8 Å². The standard InChI is InChI=1S/C9H10N6O2/c1-14-9(11)12-8(13-14)6-3-2-5(15(16)17)4-7(6)10/h2-4H,10H2,1H3,(H2,11,12,13). The van der Waals surface area contributed by atoms with E-state index in [0.29, 0.717) is 11.4 Å². The second-order valence-corrected chi connectivity index (χ2v) is 3.45. The van der Waals surface area contributed by atoms with Crippen LogP contribution >= 0.6 is 0 Å². The summed E-state index contributed by atoms with van der Waals surface area (Å²) in [5.74, 6) is 0.593. The Bertz CT molecular complexity index is 572. The fraction of sp³-hybridized carbons (Fsp3) is 0.111. The van der Waals surface area contributed by atoms with Gasteiger partial charge in [-0.15, -0.1) is 5.10 Å². The molecule has 0 amide bonds. The normalized spacial score (nSPS) is 10.4. The van der Waals surface area contributed by atoms with E-state index in [1.54, 1.807) is 7.05 Å². The number of nitro benzene ring substituents is 1. The lowest BCUT2D eigenvalue weighted by Gasteiger charge is -2.00. The molecular weight excluding hydrogens is 224 g/mol. The van der Waals surface area contributed by atoms with Crippen molar-refractivity contribution in [3.63, 3.8) is 0 Å². The second-order valence-electron chi connectivity index (χ2n) is 3.45. The van der Waals surface area contributed by atoms with E-state index in [4.69, 9.17) is 11.5 Å². The molecule has 0 aliphatic carbocycles. The molecule has 1 aromatic heterocycles. The fourth-order valence-corrected chi connectivity index (χ4v) is 1.38. The van der Waals surface area contributed by atoms with Crippen LogP contribution in [0.15, 0.2) is 18.2 Å². The lowest BCUT2D eigenvalue weighted by molar-refractivity contribution is -0.384. The number of nitro groups is 1. The minimum Gasteiger partial charge on any atom is -0.398 e. The summed E-state index contributed by atoms with van der Waals surface area (Å²) in [7, 11) is 1.65. The quantitative estimate of drug-likeness (QED) is 0.444. The van der Waals surface area contributed by atoms with Crippen molar-refractivity contribution >= 4 is 17.3 Å². The minimum absolute atomic E-state index is 0.0739. The van der Waals surface area contributed by atoms with Gasteiger partial charge in [-0.1, -0.05) is 0 Å². The summed E-state index contributed by atoms with van der Waals surface area (Å²) < 4.78 is 1.40. The average Bonchev–Trinajstić information content (AvgIpc) is 2.58. The fourth-order valence-electron chi connectivity index (χ4n) is 1.38. The number of anilines is 2. The highest BCUT2D eigenvalue weighted by atomic mass is 16.6. The van der Waals surface area contributed by atoms with E-state index < -0.39 is 4.92 Å². The molecular formula is C9H10N6O2. The molecule has 2 aromatic rings. The Labute approximate surface area is 96.0 Å². The van der Waals surface area contributed by atoms with E-state index in [9.17, 15) is 10.1 Å². The van der Waals surface area contributed by atoms with Crippen LogP contribution in [0, 0.1) is 10.1 Å². The van der Waals surface area contributed by atoms with Crippen LogP contribution in [0.1, 0.15) is 0 Å². The van der Waals surface area contributed by atoms with E-state index in [2.05, 4.69) is 10.1 Å². The molecule has 4 N–H and O–H groups in total. The molecule has 17 heavy (non-hydrogen) atoms. The van der Waals surface area contributed by atoms with Gasteiger partial charge in [0.05, 0.1) is 4.92 Å². The topological polar surface area (TPSA) is 126 Å². The van der Waals surface area contributed by atoms with Gasteiger partial charge in [-0.05, 0) is 6.07 Å². The van der Waals surface area contributed by atoms with Crippen molar-refractivity contribution in [2.45, 2.75) is 0 Å². The van der Waals surface area contributed by atoms with Crippen LogP contribution in [0.25, 0.3) is 11.4 Å².